The molecule has 0 spiro atoms. The SMILES string of the molecule is CCCCNC(=O)c1ccc(CNC(=NC)NCC(C)Oc2ccccc2OC)cc1.I. The molecule has 2 aromatic rings. The molecule has 0 aromatic heterocycles. The summed E-state index contributed by atoms with van der Waals surface area (Å²) in [5.74, 6) is 2.06. The van der Waals surface area contributed by atoms with Crippen molar-refractivity contribution < 1.29 is 14.3 Å². The van der Waals surface area contributed by atoms with E-state index in [4.69, 9.17) is 9.47 Å². The van der Waals surface area contributed by atoms with Crippen molar-refractivity contribution in [2.45, 2.75) is 39.3 Å². The fourth-order valence-electron chi connectivity index (χ4n) is 2.88. The molecule has 2 aromatic carbocycles. The molecule has 0 fully saturated rings. The second-order valence-corrected chi connectivity index (χ2v) is 7.19. The van der Waals surface area contributed by atoms with E-state index in [1.54, 1.807) is 14.2 Å². The van der Waals surface area contributed by atoms with Crippen molar-refractivity contribution >= 4 is 35.8 Å². The van der Waals surface area contributed by atoms with Gasteiger partial charge in [-0.25, -0.2) is 0 Å². The molecule has 8 heteroatoms. The Bertz CT molecular complexity index is 843. The highest BCUT2D eigenvalue weighted by molar-refractivity contribution is 14.0. The fraction of sp³-hybridized carbons (Fsp3) is 0.417. The molecule has 0 bridgehead atoms. The number of hydrogen-bond donors (Lipinski definition) is 3. The predicted octanol–water partition coefficient (Wildman–Crippen LogP) is 3.98. The third kappa shape index (κ3) is 9.33. The Kier molecular flexibility index (Phi) is 13.2. The molecule has 0 aliphatic heterocycles. The summed E-state index contributed by atoms with van der Waals surface area (Å²) >= 11 is 0. The highest BCUT2D eigenvalue weighted by Gasteiger charge is 2.10. The van der Waals surface area contributed by atoms with Gasteiger partial charge in [-0.1, -0.05) is 37.6 Å². The average molecular weight is 554 g/mol. The summed E-state index contributed by atoms with van der Waals surface area (Å²) in [5.41, 5.74) is 1.73. The van der Waals surface area contributed by atoms with Gasteiger partial charge in [0.25, 0.3) is 5.91 Å². The second-order valence-electron chi connectivity index (χ2n) is 7.19. The number of hydrogen-bond acceptors (Lipinski definition) is 4. The number of nitrogens with zero attached hydrogens (tertiary/aromatic N) is 1. The minimum Gasteiger partial charge on any atom is -0.493 e. The van der Waals surface area contributed by atoms with E-state index in [0.717, 1.165) is 18.4 Å². The molecule has 0 radical (unpaired) electrons. The third-order valence-electron chi connectivity index (χ3n) is 4.67. The van der Waals surface area contributed by atoms with E-state index in [-0.39, 0.29) is 36.0 Å². The topological polar surface area (TPSA) is 84.0 Å². The van der Waals surface area contributed by atoms with E-state index in [1.807, 2.05) is 55.5 Å². The van der Waals surface area contributed by atoms with Crippen LogP contribution in [0.3, 0.4) is 0 Å². The lowest BCUT2D eigenvalue weighted by atomic mass is 10.1. The summed E-state index contributed by atoms with van der Waals surface area (Å²) in [4.78, 5) is 16.3. The van der Waals surface area contributed by atoms with Crippen LogP contribution in [0.25, 0.3) is 0 Å². The van der Waals surface area contributed by atoms with E-state index in [9.17, 15) is 4.79 Å². The molecule has 7 nitrogen and oxygen atoms in total. The van der Waals surface area contributed by atoms with Gasteiger partial charge in [0.2, 0.25) is 0 Å². The molecule has 176 valence electrons. The van der Waals surface area contributed by atoms with Crippen LogP contribution >= 0.6 is 24.0 Å². The molecule has 1 amide bonds. The number of nitrogens with one attached hydrogen (secondary N) is 3. The minimum atomic E-state index is -0.0830. The number of methoxy groups -OCH3 is 1. The van der Waals surface area contributed by atoms with Crippen LogP contribution in [-0.4, -0.2) is 45.2 Å². The van der Waals surface area contributed by atoms with Gasteiger partial charge in [0, 0.05) is 25.7 Å². The number of ether oxygens (including phenoxy) is 2. The number of halogens is 1. The Balaban J connectivity index is 0.00000512. The summed E-state index contributed by atoms with van der Waals surface area (Å²) in [5, 5.41) is 9.47. The number of guanidine groups is 1. The number of unbranched alkanes of at least 4 members (excludes halogenated alkanes) is 1. The van der Waals surface area contributed by atoms with E-state index >= 15 is 0 Å². The predicted molar refractivity (Wildman–Crippen MR) is 140 cm³/mol. The Hall–Kier alpha value is -2.49. The summed E-state index contributed by atoms with van der Waals surface area (Å²) in [6, 6.07) is 15.2. The lowest BCUT2D eigenvalue weighted by Gasteiger charge is -2.19. The highest BCUT2D eigenvalue weighted by atomic mass is 127. The van der Waals surface area contributed by atoms with Crippen LogP contribution in [-0.2, 0) is 6.54 Å². The molecule has 32 heavy (non-hydrogen) atoms. The molecule has 0 aliphatic carbocycles. The molecule has 1 unspecified atom stereocenters. The molecule has 0 aliphatic rings. The molecular weight excluding hydrogens is 519 g/mol. The van der Waals surface area contributed by atoms with Crippen LogP contribution in [0.5, 0.6) is 11.5 Å². The van der Waals surface area contributed by atoms with Crippen molar-refractivity contribution in [3.8, 4) is 11.5 Å². The van der Waals surface area contributed by atoms with Crippen LogP contribution in [0.15, 0.2) is 53.5 Å². The number of benzene rings is 2. The zero-order valence-corrected chi connectivity index (χ0v) is 21.6. The number of aliphatic imine (C=N–C) groups is 1. The van der Waals surface area contributed by atoms with Crippen molar-refractivity contribution in [1.82, 2.24) is 16.0 Å². The molecule has 0 heterocycles. The van der Waals surface area contributed by atoms with Gasteiger partial charge in [-0.2, -0.15) is 0 Å². The van der Waals surface area contributed by atoms with Gasteiger partial charge in [0.15, 0.2) is 17.5 Å². The van der Waals surface area contributed by atoms with Gasteiger partial charge in [0.05, 0.1) is 13.7 Å². The quantitative estimate of drug-likeness (QED) is 0.170. The Labute approximate surface area is 208 Å². The maximum absolute atomic E-state index is 12.1. The van der Waals surface area contributed by atoms with Crippen molar-refractivity contribution in [2.75, 3.05) is 27.2 Å². The van der Waals surface area contributed by atoms with E-state index < -0.39 is 0 Å². The van der Waals surface area contributed by atoms with Crippen molar-refractivity contribution in [3.05, 3.63) is 59.7 Å². The van der Waals surface area contributed by atoms with Crippen LogP contribution in [0.2, 0.25) is 0 Å². The van der Waals surface area contributed by atoms with Crippen molar-refractivity contribution in [3.63, 3.8) is 0 Å². The van der Waals surface area contributed by atoms with Crippen LogP contribution in [0, 0.1) is 0 Å². The monoisotopic (exact) mass is 554 g/mol. The van der Waals surface area contributed by atoms with E-state index in [2.05, 4.69) is 27.9 Å². The number of carbonyl (C=O) groups is 1. The molecule has 2 rings (SSSR count). The van der Waals surface area contributed by atoms with Gasteiger partial charge in [-0.15, -0.1) is 24.0 Å². The normalized spacial score (nSPS) is 11.7. The molecule has 1 atom stereocenters. The van der Waals surface area contributed by atoms with Crippen molar-refractivity contribution in [2.24, 2.45) is 4.99 Å². The minimum absolute atomic E-state index is 0. The van der Waals surface area contributed by atoms with Crippen LogP contribution in [0.1, 0.15) is 42.6 Å². The first kappa shape index (κ1) is 27.5. The first-order chi connectivity index (χ1) is 15.1. The first-order valence-electron chi connectivity index (χ1n) is 10.7. The second kappa shape index (κ2) is 15.3. The fourth-order valence-corrected chi connectivity index (χ4v) is 2.88. The molecule has 0 saturated heterocycles. The largest absolute Gasteiger partial charge is 0.493 e. The summed E-state index contributed by atoms with van der Waals surface area (Å²) in [7, 11) is 3.35. The number of amides is 1. The number of para-hydroxylation sites is 2. The lowest BCUT2D eigenvalue weighted by Crippen LogP contribution is -2.41. The van der Waals surface area contributed by atoms with E-state index in [0.29, 0.717) is 42.7 Å². The number of rotatable bonds is 11. The van der Waals surface area contributed by atoms with Gasteiger partial charge in [0.1, 0.15) is 6.10 Å². The van der Waals surface area contributed by atoms with Crippen LogP contribution < -0.4 is 25.4 Å². The summed E-state index contributed by atoms with van der Waals surface area (Å²) < 4.78 is 11.3. The smallest absolute Gasteiger partial charge is 0.251 e. The molecule has 3 N–H and O–H groups in total. The van der Waals surface area contributed by atoms with Crippen molar-refractivity contribution in [1.29, 1.82) is 0 Å². The average Bonchev–Trinajstić information content (AvgIpc) is 2.80. The Morgan fingerprint density at radius 1 is 1.03 bits per heavy atom. The maximum atomic E-state index is 12.1. The Morgan fingerprint density at radius 2 is 1.72 bits per heavy atom. The third-order valence-corrected chi connectivity index (χ3v) is 4.67. The zero-order chi connectivity index (χ0) is 22.5. The zero-order valence-electron chi connectivity index (χ0n) is 19.3. The maximum Gasteiger partial charge on any atom is 0.251 e. The molecule has 0 saturated carbocycles. The summed E-state index contributed by atoms with van der Waals surface area (Å²) in [6.45, 7) is 5.97. The van der Waals surface area contributed by atoms with E-state index in [1.165, 1.54) is 0 Å². The highest BCUT2D eigenvalue weighted by Crippen LogP contribution is 2.26. The van der Waals surface area contributed by atoms with Gasteiger partial charge in [-0.05, 0) is 43.2 Å². The standard InChI is InChI=1S/C24H34N4O3.HI/c1-5-6-15-26-23(29)20-13-11-19(12-14-20)17-28-24(25-3)27-16-18(2)31-22-10-8-7-9-21(22)30-4;/h7-14,18H,5-6,15-17H2,1-4H3,(H,26,29)(H2,25,27,28);1H. The van der Waals surface area contributed by atoms with Gasteiger partial charge in [-0.3, -0.25) is 9.79 Å². The lowest BCUT2D eigenvalue weighted by molar-refractivity contribution is 0.0953. The van der Waals surface area contributed by atoms with Gasteiger partial charge >= 0.3 is 0 Å². The number of carbonyl (C=O) groups excluding carboxylic acids is 1. The summed E-state index contributed by atoms with van der Waals surface area (Å²) in [6.07, 6.45) is 1.97. The molecular formula is C24H35IN4O3. The first-order valence-corrected chi connectivity index (χ1v) is 10.7. The van der Waals surface area contributed by atoms with Gasteiger partial charge < -0.3 is 25.4 Å². The Morgan fingerprint density at radius 3 is 2.34 bits per heavy atom. The van der Waals surface area contributed by atoms with Crippen LogP contribution in [0.4, 0.5) is 0 Å².